The number of benzene rings is 1. The van der Waals surface area contributed by atoms with Gasteiger partial charge in [0, 0.05) is 30.8 Å². The fourth-order valence-corrected chi connectivity index (χ4v) is 3.77. The van der Waals surface area contributed by atoms with Gasteiger partial charge in [-0.25, -0.2) is 32.9 Å². The molecule has 1 aliphatic rings. The highest BCUT2D eigenvalue weighted by molar-refractivity contribution is 6.38. The molecule has 1 fully saturated rings. The molecule has 0 saturated carbocycles. The van der Waals surface area contributed by atoms with E-state index in [-0.39, 0.29) is 22.0 Å². The maximum absolute atomic E-state index is 12.8. The van der Waals surface area contributed by atoms with Gasteiger partial charge in [-0.3, -0.25) is 9.78 Å². The average Bonchev–Trinajstić information content (AvgIpc) is 2.90. The number of hydroxylamine groups is 1. The number of alkyl halides is 4. The molecule has 37 heavy (non-hydrogen) atoms. The summed E-state index contributed by atoms with van der Waals surface area (Å²) in [6, 6.07) is 4.24. The van der Waals surface area contributed by atoms with Crippen LogP contribution < -0.4 is 15.0 Å². The van der Waals surface area contributed by atoms with Crippen LogP contribution >= 0.6 is 11.6 Å². The summed E-state index contributed by atoms with van der Waals surface area (Å²) in [7, 11) is 0. The molecule has 1 N–H and O–H groups in total. The van der Waals surface area contributed by atoms with Crippen LogP contribution in [0, 0.1) is 0 Å². The van der Waals surface area contributed by atoms with Crippen LogP contribution in [0.2, 0.25) is 5.02 Å². The van der Waals surface area contributed by atoms with Gasteiger partial charge in [-0.15, -0.1) is 0 Å². The smallest absolute Gasteiger partial charge is 0.319 e. The third-order valence-electron chi connectivity index (χ3n) is 5.20. The van der Waals surface area contributed by atoms with Crippen LogP contribution in [0.4, 0.5) is 17.6 Å². The van der Waals surface area contributed by atoms with Gasteiger partial charge in [0.25, 0.3) is 18.8 Å². The van der Waals surface area contributed by atoms with Gasteiger partial charge in [-0.05, 0) is 24.5 Å². The van der Waals surface area contributed by atoms with E-state index >= 15 is 0 Å². The van der Waals surface area contributed by atoms with Crippen LogP contribution in [0.15, 0.2) is 30.6 Å². The predicted octanol–water partition coefficient (Wildman–Crippen LogP) is 4.82. The second-order valence-electron chi connectivity index (χ2n) is 7.84. The molecule has 1 unspecified atom stereocenters. The molecule has 2 aromatic heterocycles. The standard InChI is InChI=1S/C23H21ClF4N4O5/c24-20-13-5-4-12(14-8-30-23(36-11-18(27)28)31-22(14)35-10-17(25)26)7-16(13)29-9-15(20)21(33)32-37-19-3-1-2-6-34-19/h4-5,7-9,17-19H,1-3,6,10-11H2,(H,32,33). The number of ether oxygens (including phenoxy) is 3. The van der Waals surface area contributed by atoms with E-state index in [4.69, 9.17) is 30.6 Å². The monoisotopic (exact) mass is 544 g/mol. The van der Waals surface area contributed by atoms with Crippen molar-refractivity contribution in [3.8, 4) is 23.0 Å². The normalized spacial score (nSPS) is 15.8. The number of fused-ring (bicyclic) bond motifs is 1. The number of rotatable bonds is 10. The van der Waals surface area contributed by atoms with Crippen LogP contribution in [0.5, 0.6) is 11.9 Å². The van der Waals surface area contributed by atoms with Crippen LogP contribution in [0.1, 0.15) is 29.6 Å². The Hall–Kier alpha value is -3.29. The molecule has 4 rings (SSSR count). The minimum atomic E-state index is -2.80. The molecule has 0 radical (unpaired) electrons. The van der Waals surface area contributed by atoms with E-state index in [2.05, 4.69) is 20.4 Å². The lowest BCUT2D eigenvalue weighted by atomic mass is 10.0. The van der Waals surface area contributed by atoms with Crippen molar-refractivity contribution in [3.63, 3.8) is 0 Å². The molecular formula is C23H21ClF4N4O5. The van der Waals surface area contributed by atoms with E-state index in [9.17, 15) is 22.4 Å². The lowest BCUT2D eigenvalue weighted by Crippen LogP contribution is -2.33. The predicted molar refractivity (Wildman–Crippen MR) is 123 cm³/mol. The van der Waals surface area contributed by atoms with Crippen LogP contribution in [0.25, 0.3) is 22.0 Å². The number of nitrogens with one attached hydrogen (secondary N) is 1. The van der Waals surface area contributed by atoms with Crippen molar-refractivity contribution in [2.45, 2.75) is 38.4 Å². The summed E-state index contributed by atoms with van der Waals surface area (Å²) in [5.41, 5.74) is 3.36. The molecule has 14 heteroatoms. The number of carbonyl (C=O) groups excluding carboxylic acids is 1. The first-order valence-electron chi connectivity index (χ1n) is 11.2. The molecule has 1 aromatic carbocycles. The minimum absolute atomic E-state index is 0.0718. The van der Waals surface area contributed by atoms with Gasteiger partial charge in [0.1, 0.15) is 0 Å². The summed E-state index contributed by atoms with van der Waals surface area (Å²) in [5, 5.41) is 0.545. The van der Waals surface area contributed by atoms with Gasteiger partial charge in [-0.1, -0.05) is 23.7 Å². The maximum Gasteiger partial charge on any atom is 0.319 e. The van der Waals surface area contributed by atoms with Crippen LogP contribution in [-0.4, -0.2) is 59.8 Å². The summed E-state index contributed by atoms with van der Waals surface area (Å²) in [5.74, 6) is -0.892. The quantitative estimate of drug-likeness (QED) is 0.286. The van der Waals surface area contributed by atoms with Crippen molar-refractivity contribution < 1.29 is 41.4 Å². The summed E-state index contributed by atoms with van der Waals surface area (Å²) < 4.78 is 65.6. The summed E-state index contributed by atoms with van der Waals surface area (Å²) >= 11 is 6.46. The fourth-order valence-electron chi connectivity index (χ4n) is 3.47. The molecule has 198 valence electrons. The second-order valence-corrected chi connectivity index (χ2v) is 8.22. The van der Waals surface area contributed by atoms with E-state index in [1.165, 1.54) is 12.4 Å². The lowest BCUT2D eigenvalue weighted by molar-refractivity contribution is -0.186. The molecule has 0 bridgehead atoms. The molecule has 1 aliphatic heterocycles. The van der Waals surface area contributed by atoms with Crippen molar-refractivity contribution in [3.05, 3.63) is 41.2 Å². The molecular weight excluding hydrogens is 524 g/mol. The first-order valence-corrected chi connectivity index (χ1v) is 11.5. The molecule has 1 amide bonds. The van der Waals surface area contributed by atoms with Crippen LogP contribution in [-0.2, 0) is 9.57 Å². The average molecular weight is 545 g/mol. The number of carbonyl (C=O) groups is 1. The Bertz CT molecular complexity index is 1250. The van der Waals surface area contributed by atoms with Gasteiger partial charge >= 0.3 is 6.01 Å². The summed E-state index contributed by atoms with van der Waals surface area (Å²) in [6.07, 6.45) is -1.15. The van der Waals surface area contributed by atoms with Gasteiger partial charge in [0.05, 0.1) is 21.7 Å². The fraction of sp³-hybridized carbons (Fsp3) is 0.391. The first kappa shape index (κ1) is 26.8. The molecule has 0 aliphatic carbocycles. The van der Waals surface area contributed by atoms with Crippen molar-refractivity contribution >= 4 is 28.4 Å². The Morgan fingerprint density at radius 1 is 1.11 bits per heavy atom. The first-order chi connectivity index (χ1) is 17.8. The van der Waals surface area contributed by atoms with Gasteiger partial charge < -0.3 is 14.2 Å². The third kappa shape index (κ3) is 6.93. The maximum atomic E-state index is 12.8. The largest absolute Gasteiger partial charge is 0.471 e. The Morgan fingerprint density at radius 2 is 1.89 bits per heavy atom. The lowest BCUT2D eigenvalue weighted by Gasteiger charge is -2.22. The van der Waals surface area contributed by atoms with E-state index in [0.717, 1.165) is 12.8 Å². The Labute approximate surface area is 213 Å². The minimum Gasteiger partial charge on any atom is -0.471 e. The summed E-state index contributed by atoms with van der Waals surface area (Å²) in [6.45, 7) is -1.41. The number of amides is 1. The molecule has 1 atom stereocenters. The van der Waals surface area contributed by atoms with Crippen LogP contribution in [0.3, 0.4) is 0 Å². The Balaban J connectivity index is 1.57. The van der Waals surface area contributed by atoms with E-state index in [0.29, 0.717) is 29.5 Å². The number of hydrogen-bond donors (Lipinski definition) is 1. The molecule has 1 saturated heterocycles. The molecule has 0 spiro atoms. The third-order valence-corrected chi connectivity index (χ3v) is 5.60. The number of halogens is 5. The van der Waals surface area contributed by atoms with Crippen molar-refractivity contribution in [1.29, 1.82) is 0 Å². The topological polar surface area (TPSA) is 105 Å². The van der Waals surface area contributed by atoms with Gasteiger partial charge in [0.2, 0.25) is 5.88 Å². The van der Waals surface area contributed by atoms with E-state index in [1.54, 1.807) is 18.2 Å². The summed E-state index contributed by atoms with van der Waals surface area (Å²) in [4.78, 5) is 29.8. The van der Waals surface area contributed by atoms with Gasteiger partial charge in [-0.2, -0.15) is 4.98 Å². The highest BCUT2D eigenvalue weighted by atomic mass is 35.5. The number of hydrogen-bond acceptors (Lipinski definition) is 8. The zero-order valence-corrected chi connectivity index (χ0v) is 19.9. The zero-order chi connectivity index (χ0) is 26.4. The second kappa shape index (κ2) is 12.3. The van der Waals surface area contributed by atoms with Gasteiger partial charge in [0.15, 0.2) is 19.5 Å². The van der Waals surface area contributed by atoms with Crippen molar-refractivity contribution in [2.24, 2.45) is 0 Å². The number of nitrogens with zero attached hydrogens (tertiary/aromatic N) is 3. The number of aromatic nitrogens is 3. The van der Waals surface area contributed by atoms with E-state index in [1.807, 2.05) is 0 Å². The Morgan fingerprint density at radius 3 is 2.62 bits per heavy atom. The molecule has 3 heterocycles. The van der Waals surface area contributed by atoms with E-state index < -0.39 is 44.3 Å². The molecule has 9 nitrogen and oxygen atoms in total. The Kier molecular flexibility index (Phi) is 8.90. The highest BCUT2D eigenvalue weighted by Gasteiger charge is 2.20. The number of pyridine rings is 1. The highest BCUT2D eigenvalue weighted by Crippen LogP contribution is 2.34. The van der Waals surface area contributed by atoms with Crippen molar-refractivity contribution in [1.82, 2.24) is 20.4 Å². The molecule has 3 aromatic rings. The van der Waals surface area contributed by atoms with Crippen molar-refractivity contribution in [2.75, 3.05) is 19.8 Å². The zero-order valence-electron chi connectivity index (χ0n) is 19.1. The SMILES string of the molecule is O=C(NOC1CCCCO1)c1cnc2cc(-c3cnc(OCC(F)F)nc3OCC(F)F)ccc2c1Cl.